The van der Waals surface area contributed by atoms with Gasteiger partial charge >= 0.3 is 6.03 Å². The second-order valence-electron chi connectivity index (χ2n) is 13.2. The summed E-state index contributed by atoms with van der Waals surface area (Å²) in [4.78, 5) is 28.6. The van der Waals surface area contributed by atoms with Gasteiger partial charge in [-0.15, -0.1) is 0 Å². The molecule has 2 fully saturated rings. The van der Waals surface area contributed by atoms with Gasteiger partial charge in [0, 0.05) is 54.4 Å². The highest BCUT2D eigenvalue weighted by Gasteiger charge is 2.27. The number of nitrogen functional groups attached to an aromatic ring is 1. The molecule has 1 amide bonds. The molecule has 1 saturated heterocycles. The average Bonchev–Trinajstić information content (AvgIpc) is 3.55. The third-order valence-corrected chi connectivity index (χ3v) is 10.0. The van der Waals surface area contributed by atoms with E-state index in [2.05, 4.69) is 55.5 Å². The minimum absolute atomic E-state index is 0.196. The van der Waals surface area contributed by atoms with Gasteiger partial charge in [-0.2, -0.15) is 4.98 Å². The topological polar surface area (TPSA) is 105 Å². The van der Waals surface area contributed by atoms with Crippen molar-refractivity contribution < 1.29 is 4.79 Å². The molecule has 8 rings (SSSR count). The fraction of sp³-hybridized carbons (Fsp3) is 0.289. The van der Waals surface area contributed by atoms with E-state index in [4.69, 9.17) is 5.73 Å². The number of anilines is 2. The van der Waals surface area contributed by atoms with Crippen molar-refractivity contribution >= 4 is 39.5 Å². The van der Waals surface area contributed by atoms with Gasteiger partial charge in [-0.1, -0.05) is 67.1 Å². The average molecular weight is 610 g/mol. The Morgan fingerprint density at radius 2 is 1.63 bits per heavy atom. The molecule has 1 aliphatic heterocycles. The van der Waals surface area contributed by atoms with Gasteiger partial charge in [-0.3, -0.25) is 9.47 Å². The summed E-state index contributed by atoms with van der Waals surface area (Å²) in [5.74, 6) is 1.92. The Kier molecular flexibility index (Phi) is 7.29. The first-order valence-corrected chi connectivity index (χ1v) is 16.4. The number of aromatic amines is 1. The zero-order valence-electron chi connectivity index (χ0n) is 26.2. The molecule has 3 aromatic carbocycles. The highest BCUT2D eigenvalue weighted by Crippen LogP contribution is 2.36. The molecule has 3 aromatic heterocycles. The highest BCUT2D eigenvalue weighted by molar-refractivity contribution is 5.99. The normalized spacial score (nSPS) is 18.5. The van der Waals surface area contributed by atoms with Crippen molar-refractivity contribution in [1.29, 1.82) is 0 Å². The Labute approximate surface area is 268 Å². The number of nitrogens with one attached hydrogen (secondary N) is 2. The van der Waals surface area contributed by atoms with Crippen molar-refractivity contribution in [3.8, 4) is 22.5 Å². The van der Waals surface area contributed by atoms with Gasteiger partial charge in [0.15, 0.2) is 0 Å². The Balaban J connectivity index is 1.05. The third-order valence-electron chi connectivity index (χ3n) is 10.0. The van der Waals surface area contributed by atoms with Crippen molar-refractivity contribution in [3.63, 3.8) is 0 Å². The Morgan fingerprint density at radius 1 is 0.913 bits per heavy atom. The Bertz CT molecular complexity index is 2010. The van der Waals surface area contributed by atoms with E-state index >= 15 is 0 Å². The number of rotatable bonds is 5. The van der Waals surface area contributed by atoms with Crippen LogP contribution in [0, 0.1) is 18.8 Å². The second kappa shape index (κ2) is 11.8. The number of H-pyrrole nitrogens is 1. The number of nitrogens with two attached hydrogens (primary N) is 1. The molecule has 0 spiro atoms. The molecule has 6 aromatic rings. The van der Waals surface area contributed by atoms with Crippen LogP contribution in [0.25, 0.3) is 44.3 Å². The van der Waals surface area contributed by atoms with E-state index in [1.807, 2.05) is 61.8 Å². The smallest absolute Gasteiger partial charge is 0.330 e. The number of hydrogen-bond acceptors (Lipinski definition) is 5. The van der Waals surface area contributed by atoms with E-state index in [1.165, 1.54) is 50.8 Å². The molecule has 2 bridgehead atoms. The van der Waals surface area contributed by atoms with Crippen LogP contribution in [0.1, 0.15) is 43.2 Å². The predicted molar refractivity (Wildman–Crippen MR) is 186 cm³/mol. The zero-order valence-corrected chi connectivity index (χ0v) is 26.2. The maximum Gasteiger partial charge on any atom is 0.330 e. The van der Waals surface area contributed by atoms with Crippen LogP contribution in [-0.4, -0.2) is 43.5 Å². The summed E-state index contributed by atoms with van der Waals surface area (Å²) in [6.07, 6.45) is 10.7. The zero-order chi connectivity index (χ0) is 31.2. The van der Waals surface area contributed by atoms with Crippen molar-refractivity contribution in [3.05, 3.63) is 96.3 Å². The molecule has 4 N–H and O–H groups in total. The van der Waals surface area contributed by atoms with Gasteiger partial charge in [0.2, 0.25) is 5.95 Å². The summed E-state index contributed by atoms with van der Waals surface area (Å²) in [5, 5.41) is 5.99. The van der Waals surface area contributed by atoms with Crippen molar-refractivity contribution in [1.82, 2.24) is 24.4 Å². The monoisotopic (exact) mass is 609 g/mol. The van der Waals surface area contributed by atoms with E-state index in [1.54, 1.807) is 4.57 Å². The van der Waals surface area contributed by atoms with Crippen molar-refractivity contribution in [2.24, 2.45) is 11.8 Å². The molecular formula is C38H39N7O. The largest absolute Gasteiger partial charge is 0.368 e. The van der Waals surface area contributed by atoms with E-state index in [0.29, 0.717) is 11.3 Å². The molecule has 1 saturated carbocycles. The Hall–Kier alpha value is -4.95. The van der Waals surface area contributed by atoms with Gasteiger partial charge in [-0.05, 0) is 84.0 Å². The number of aromatic nitrogens is 4. The van der Waals surface area contributed by atoms with Gasteiger partial charge in [0.05, 0.1) is 5.69 Å². The molecule has 1 aliphatic carbocycles. The summed E-state index contributed by atoms with van der Waals surface area (Å²) in [6, 6.07) is 24.5. The van der Waals surface area contributed by atoms with Crippen molar-refractivity contribution in [2.75, 3.05) is 24.1 Å². The number of carbonyl (C=O) groups excluding carboxylic acids is 1. The fourth-order valence-corrected chi connectivity index (χ4v) is 7.60. The number of amides is 1. The second-order valence-corrected chi connectivity index (χ2v) is 13.2. The first-order valence-electron chi connectivity index (χ1n) is 16.4. The quantitative estimate of drug-likeness (QED) is 0.183. The molecule has 232 valence electrons. The lowest BCUT2D eigenvalue weighted by atomic mass is 9.99. The van der Waals surface area contributed by atoms with Gasteiger partial charge < -0.3 is 16.0 Å². The van der Waals surface area contributed by atoms with Crippen LogP contribution in [0.15, 0.2) is 85.2 Å². The first-order chi connectivity index (χ1) is 22.5. The Morgan fingerprint density at radius 3 is 2.35 bits per heavy atom. The van der Waals surface area contributed by atoms with Crippen LogP contribution in [-0.2, 0) is 6.54 Å². The molecule has 2 unspecified atom stereocenters. The van der Waals surface area contributed by atoms with E-state index in [-0.39, 0.29) is 12.0 Å². The number of nitrogens with zero attached hydrogens (tertiary/aromatic N) is 4. The lowest BCUT2D eigenvalue weighted by molar-refractivity contribution is 0.192. The fourth-order valence-electron chi connectivity index (χ4n) is 7.60. The van der Waals surface area contributed by atoms with E-state index in [9.17, 15) is 4.79 Å². The van der Waals surface area contributed by atoms with E-state index < -0.39 is 0 Å². The summed E-state index contributed by atoms with van der Waals surface area (Å²) in [6.45, 7) is 5.47. The lowest BCUT2D eigenvalue weighted by Crippen LogP contribution is -2.32. The number of fused-ring (bicyclic) bond motifs is 5. The molecule has 0 radical (unpaired) electrons. The summed E-state index contributed by atoms with van der Waals surface area (Å²) in [7, 11) is 0. The molecule has 46 heavy (non-hydrogen) atoms. The van der Waals surface area contributed by atoms with Gasteiger partial charge in [0.25, 0.3) is 0 Å². The van der Waals surface area contributed by atoms with Crippen LogP contribution in [0.4, 0.5) is 16.4 Å². The summed E-state index contributed by atoms with van der Waals surface area (Å²) >= 11 is 0. The minimum Gasteiger partial charge on any atom is -0.368 e. The van der Waals surface area contributed by atoms with Crippen LogP contribution < -0.4 is 11.1 Å². The van der Waals surface area contributed by atoms with Crippen molar-refractivity contribution in [2.45, 2.75) is 45.6 Å². The molecule has 4 heterocycles. The SMILES string of the molecule is Cc1c(NC(=O)n2cc3ccccc3c2)cccc1-c1nc(N)nc2[nH]c(-c3ccc(CN4CC5CCCC(CC5)C4)cc3)cc12. The number of carbonyl (C=O) groups is 1. The number of benzene rings is 3. The number of likely N-dealkylation sites (tertiary alicyclic amines) is 1. The molecular weight excluding hydrogens is 570 g/mol. The molecule has 8 heteroatoms. The summed E-state index contributed by atoms with van der Waals surface area (Å²) < 4.78 is 1.58. The van der Waals surface area contributed by atoms with Crippen LogP contribution in [0.2, 0.25) is 0 Å². The van der Waals surface area contributed by atoms with E-state index in [0.717, 1.165) is 62.6 Å². The predicted octanol–water partition coefficient (Wildman–Crippen LogP) is 8.23. The first kappa shape index (κ1) is 28.5. The van der Waals surface area contributed by atoms with Gasteiger partial charge in [-0.25, -0.2) is 9.78 Å². The highest BCUT2D eigenvalue weighted by atomic mass is 16.2. The summed E-state index contributed by atoms with van der Waals surface area (Å²) in [5.41, 5.74) is 13.6. The van der Waals surface area contributed by atoms with Crippen LogP contribution in [0.5, 0.6) is 0 Å². The van der Waals surface area contributed by atoms with Crippen LogP contribution >= 0.6 is 0 Å². The third kappa shape index (κ3) is 5.54. The standard InChI is InChI=1S/C38H39N7O/c1-24-31(10-5-11-33(24)41-38(46)45-22-29-8-2-3-9-30(29)23-45)35-32-18-34(40-36(32)43-37(39)42-35)28-16-14-27(15-17-28)21-44-19-25-6-4-7-26(20-44)13-12-25/h2-3,5,8-11,14-18,22-23,25-26H,4,6-7,12-13,19-21H2,1H3,(H,41,46)(H3,39,40,42,43). The maximum atomic E-state index is 13.2. The molecule has 2 aliphatic rings. The minimum atomic E-state index is -0.227. The molecule has 2 atom stereocenters. The molecule has 8 nitrogen and oxygen atoms in total. The van der Waals surface area contributed by atoms with Crippen LogP contribution in [0.3, 0.4) is 0 Å². The van der Waals surface area contributed by atoms with Gasteiger partial charge in [0.1, 0.15) is 5.65 Å². The lowest BCUT2D eigenvalue weighted by Gasteiger charge is -2.28. The maximum absolute atomic E-state index is 13.2. The number of hydrogen-bond donors (Lipinski definition) is 3.